The molecule has 0 saturated heterocycles. The van der Waals surface area contributed by atoms with Crippen molar-refractivity contribution in [1.29, 1.82) is 0 Å². The van der Waals surface area contributed by atoms with Crippen LogP contribution in [-0.4, -0.2) is 19.6 Å². The van der Waals surface area contributed by atoms with Crippen LogP contribution in [-0.2, 0) is 8.56 Å². The monoisotopic (exact) mass is 240 g/mol. The van der Waals surface area contributed by atoms with Gasteiger partial charge in [-0.1, -0.05) is 0 Å². The van der Waals surface area contributed by atoms with E-state index in [0.29, 0.717) is 0 Å². The van der Waals surface area contributed by atoms with Gasteiger partial charge in [0.05, 0.1) is 0 Å². The first-order valence-corrected chi connectivity index (χ1v) is 8.36. The molecule has 0 rings (SSSR count). The molecule has 0 saturated carbocycles. The van der Waals surface area contributed by atoms with Gasteiger partial charge < -0.3 is 0 Å². The summed E-state index contributed by atoms with van der Waals surface area (Å²) in [5, 5.41) is 0. The van der Waals surface area contributed by atoms with Crippen LogP contribution in [0.15, 0.2) is 47.1 Å². The number of carbonyl (C=O) groups is 1. The van der Waals surface area contributed by atoms with Gasteiger partial charge in [-0.05, 0) is 0 Å². The summed E-state index contributed by atoms with van der Waals surface area (Å²) in [6, 6.07) is 0. The number of rotatable bonds is 6. The Bertz CT molecular complexity index is 222. The fraction of sp³-hybridized carbons (Fsp3) is 0.100. The molecule has 70 valence electrons. The Labute approximate surface area is 82.0 Å². The summed E-state index contributed by atoms with van der Waals surface area (Å²) in [6.45, 7) is 14.3. The van der Waals surface area contributed by atoms with Crippen LogP contribution in [0.3, 0.4) is 0 Å². The van der Waals surface area contributed by atoms with Gasteiger partial charge in [-0.15, -0.1) is 0 Å². The van der Waals surface area contributed by atoms with Gasteiger partial charge in [0, 0.05) is 0 Å². The van der Waals surface area contributed by atoms with E-state index >= 15 is 0 Å². The van der Waals surface area contributed by atoms with Gasteiger partial charge >= 0.3 is 81.7 Å². The second-order valence-electron chi connectivity index (χ2n) is 2.43. The third-order valence-electron chi connectivity index (χ3n) is 1.56. The van der Waals surface area contributed by atoms with E-state index in [9.17, 15) is 4.79 Å². The fourth-order valence-corrected chi connectivity index (χ4v) is 3.31. The molecule has 0 bridgehead atoms. The maximum atomic E-state index is 11.1. The summed E-state index contributed by atoms with van der Waals surface area (Å²) in [7, 11) is 0. The van der Waals surface area contributed by atoms with Crippen LogP contribution in [0.25, 0.3) is 0 Å². The van der Waals surface area contributed by atoms with E-state index in [0.717, 1.165) is 0 Å². The predicted octanol–water partition coefficient (Wildman–Crippen LogP) is 2.23. The molecule has 0 radical (unpaired) electrons. The second-order valence-corrected chi connectivity index (χ2v) is 9.01. The molecule has 13 heavy (non-hydrogen) atoms. The molecular formula is C10H14GeO2. The van der Waals surface area contributed by atoms with E-state index in [1.807, 2.05) is 0 Å². The summed E-state index contributed by atoms with van der Waals surface area (Å²) in [6.07, 6.45) is 1.72. The van der Waals surface area contributed by atoms with E-state index < -0.39 is 13.6 Å². The first kappa shape index (κ1) is 12.0. The molecule has 0 aliphatic heterocycles. The molecule has 0 aromatic carbocycles. The van der Waals surface area contributed by atoms with Crippen molar-refractivity contribution in [2.75, 3.05) is 0 Å². The van der Waals surface area contributed by atoms with Crippen molar-refractivity contribution >= 4 is 19.6 Å². The topological polar surface area (TPSA) is 26.3 Å². The molecule has 0 amide bonds. The van der Waals surface area contributed by atoms with Gasteiger partial charge in [0.25, 0.3) is 0 Å². The molecule has 0 N–H and O–H groups in total. The van der Waals surface area contributed by atoms with Crippen LogP contribution in [0.5, 0.6) is 0 Å². The Morgan fingerprint density at radius 1 is 1.15 bits per heavy atom. The van der Waals surface area contributed by atoms with E-state index in [1.54, 1.807) is 14.7 Å². The maximum absolute atomic E-state index is 11.1. The minimum atomic E-state index is -2.94. The fourth-order valence-electron chi connectivity index (χ4n) is 0.732. The molecule has 0 aliphatic carbocycles. The first-order valence-electron chi connectivity index (χ1n) is 3.87. The summed E-state index contributed by atoms with van der Waals surface area (Å²) in [5.74, 6) is -0.297. The summed E-state index contributed by atoms with van der Waals surface area (Å²) in [4.78, 5) is 16.1. The zero-order chi connectivity index (χ0) is 10.3. The van der Waals surface area contributed by atoms with Crippen LogP contribution >= 0.6 is 0 Å². The number of carbonyl (C=O) groups excluding carboxylic acids is 1. The SMILES string of the molecule is C=CCC(=O)[O][Ge]([CH]=C)([CH]=C)[CH]=C. The molecule has 0 aromatic heterocycles. The molecule has 0 spiro atoms. The van der Waals surface area contributed by atoms with Crippen LogP contribution in [0.1, 0.15) is 6.42 Å². The minimum absolute atomic E-state index is 0.211. The molecule has 0 heterocycles. The average molecular weight is 239 g/mol. The number of hydrogen-bond donors (Lipinski definition) is 0. The normalized spacial score (nSPS) is 9.85. The van der Waals surface area contributed by atoms with Crippen molar-refractivity contribution in [3.63, 3.8) is 0 Å². The van der Waals surface area contributed by atoms with Gasteiger partial charge in [0.15, 0.2) is 0 Å². The molecule has 3 heteroatoms. The van der Waals surface area contributed by atoms with E-state index in [2.05, 4.69) is 26.3 Å². The standard InChI is InChI=1S/C10H14GeO2/c1-5-9-10(12)13-11(6-2,7-3)8-4/h5-8H,1-4,9H2. The van der Waals surface area contributed by atoms with E-state index in [-0.39, 0.29) is 12.4 Å². The van der Waals surface area contributed by atoms with Gasteiger partial charge in [-0.25, -0.2) is 0 Å². The van der Waals surface area contributed by atoms with Crippen molar-refractivity contribution in [3.05, 3.63) is 47.1 Å². The van der Waals surface area contributed by atoms with Crippen molar-refractivity contribution in [3.8, 4) is 0 Å². The third-order valence-corrected chi connectivity index (χ3v) is 6.79. The third kappa shape index (κ3) is 3.46. The molecular weight excluding hydrogens is 225 g/mol. The van der Waals surface area contributed by atoms with E-state index in [4.69, 9.17) is 3.76 Å². The Balaban J connectivity index is 4.50. The van der Waals surface area contributed by atoms with Crippen LogP contribution in [0.4, 0.5) is 0 Å². The molecule has 0 unspecified atom stereocenters. The Kier molecular flexibility index (Phi) is 5.15. The summed E-state index contributed by atoms with van der Waals surface area (Å²) >= 11 is -2.94. The second kappa shape index (κ2) is 5.59. The Morgan fingerprint density at radius 3 is 1.92 bits per heavy atom. The predicted molar refractivity (Wildman–Crippen MR) is 57.3 cm³/mol. The molecule has 0 atom stereocenters. The van der Waals surface area contributed by atoms with Crippen molar-refractivity contribution in [1.82, 2.24) is 0 Å². The molecule has 2 nitrogen and oxygen atoms in total. The van der Waals surface area contributed by atoms with Gasteiger partial charge in [0.1, 0.15) is 0 Å². The van der Waals surface area contributed by atoms with Gasteiger partial charge in [-0.3, -0.25) is 0 Å². The zero-order valence-corrected chi connectivity index (χ0v) is 9.76. The Hall–Kier alpha value is -1.03. The van der Waals surface area contributed by atoms with Crippen molar-refractivity contribution in [2.24, 2.45) is 0 Å². The Morgan fingerprint density at radius 2 is 1.62 bits per heavy atom. The zero-order valence-electron chi connectivity index (χ0n) is 7.66. The van der Waals surface area contributed by atoms with Crippen LogP contribution in [0.2, 0.25) is 0 Å². The average Bonchev–Trinajstić information content (AvgIpc) is 2.15. The van der Waals surface area contributed by atoms with Crippen LogP contribution in [0, 0.1) is 0 Å². The summed E-state index contributed by atoms with van der Waals surface area (Å²) < 4.78 is 5.25. The molecule has 0 aromatic rings. The molecule has 0 fully saturated rings. The van der Waals surface area contributed by atoms with Gasteiger partial charge in [-0.2, -0.15) is 0 Å². The van der Waals surface area contributed by atoms with Gasteiger partial charge in [0.2, 0.25) is 0 Å². The summed E-state index contributed by atoms with van der Waals surface area (Å²) in [5.41, 5.74) is 0. The first-order chi connectivity index (χ1) is 6.14. The van der Waals surface area contributed by atoms with Crippen molar-refractivity contribution in [2.45, 2.75) is 6.42 Å². The van der Waals surface area contributed by atoms with Crippen LogP contribution < -0.4 is 0 Å². The van der Waals surface area contributed by atoms with Crippen molar-refractivity contribution < 1.29 is 8.56 Å². The molecule has 0 aliphatic rings. The van der Waals surface area contributed by atoms with E-state index in [1.165, 1.54) is 6.08 Å². The number of hydrogen-bond acceptors (Lipinski definition) is 2. The quantitative estimate of drug-likeness (QED) is 0.524.